The Hall–Kier alpha value is -1.79. The number of hydrogen-bond donors (Lipinski definition) is 0. The maximum Gasteiger partial charge on any atom is 0.158 e. The summed E-state index contributed by atoms with van der Waals surface area (Å²) in [6.07, 6.45) is 2.43. The summed E-state index contributed by atoms with van der Waals surface area (Å²) < 4.78 is 1.89. The van der Waals surface area contributed by atoms with Crippen LogP contribution >= 0.6 is 11.3 Å². The number of pyridine rings is 1. The van der Waals surface area contributed by atoms with Crippen LogP contribution in [0.15, 0.2) is 23.0 Å². The lowest BCUT2D eigenvalue weighted by atomic mass is 9.94. The van der Waals surface area contributed by atoms with Gasteiger partial charge < -0.3 is 0 Å². The van der Waals surface area contributed by atoms with Gasteiger partial charge in [0, 0.05) is 42.5 Å². The van der Waals surface area contributed by atoms with Gasteiger partial charge in [-0.15, -0.1) is 11.3 Å². The number of aromatic nitrogens is 4. The summed E-state index contributed by atoms with van der Waals surface area (Å²) in [7, 11) is 1.97. The zero-order chi connectivity index (χ0) is 15.8. The molecule has 3 aromatic heterocycles. The molecule has 6 heteroatoms. The molecule has 4 heterocycles. The van der Waals surface area contributed by atoms with Gasteiger partial charge in [-0.2, -0.15) is 5.10 Å². The van der Waals surface area contributed by atoms with E-state index in [1.807, 2.05) is 24.2 Å². The van der Waals surface area contributed by atoms with Crippen molar-refractivity contribution in [3.8, 4) is 0 Å². The highest BCUT2D eigenvalue weighted by Gasteiger charge is 2.23. The molecule has 5 nitrogen and oxygen atoms in total. The van der Waals surface area contributed by atoms with E-state index in [0.29, 0.717) is 5.92 Å². The Morgan fingerprint density at radius 3 is 3.09 bits per heavy atom. The van der Waals surface area contributed by atoms with Gasteiger partial charge in [-0.25, -0.2) is 9.97 Å². The van der Waals surface area contributed by atoms with E-state index < -0.39 is 0 Å². The molecule has 1 aliphatic rings. The molecule has 1 unspecified atom stereocenters. The van der Waals surface area contributed by atoms with Crippen LogP contribution in [0, 0.1) is 6.92 Å². The van der Waals surface area contributed by atoms with Crippen molar-refractivity contribution in [3.63, 3.8) is 0 Å². The predicted octanol–water partition coefficient (Wildman–Crippen LogP) is 3.11. The van der Waals surface area contributed by atoms with Gasteiger partial charge in [0.1, 0.15) is 0 Å². The van der Waals surface area contributed by atoms with E-state index >= 15 is 0 Å². The lowest BCUT2D eigenvalue weighted by Gasteiger charge is -2.32. The standard InChI is InChI=1S/C17H21N5S/c1-12-15-5-6-16(19-17(15)21(2)20-12)13-4-3-7-22(8-13)9-14-10-23-11-18-14/h5-6,10-11,13H,3-4,7-9H2,1-2H3. The fourth-order valence-corrected chi connectivity index (χ4v) is 4.08. The summed E-state index contributed by atoms with van der Waals surface area (Å²) in [4.78, 5) is 11.8. The maximum atomic E-state index is 4.91. The first-order valence-corrected chi connectivity index (χ1v) is 9.04. The van der Waals surface area contributed by atoms with Crippen molar-refractivity contribution < 1.29 is 0 Å². The SMILES string of the molecule is Cc1nn(C)c2nc(C3CCCN(Cc4cscn4)C3)ccc12. The lowest BCUT2D eigenvalue weighted by molar-refractivity contribution is 0.197. The summed E-state index contributed by atoms with van der Waals surface area (Å²) in [5.41, 5.74) is 6.34. The molecule has 0 saturated carbocycles. The number of thiazole rings is 1. The molecular weight excluding hydrogens is 306 g/mol. The Kier molecular flexibility index (Phi) is 3.87. The van der Waals surface area contributed by atoms with Gasteiger partial charge in [0.15, 0.2) is 5.65 Å². The first-order chi connectivity index (χ1) is 11.2. The number of likely N-dealkylation sites (tertiary alicyclic amines) is 1. The van der Waals surface area contributed by atoms with E-state index in [-0.39, 0.29) is 0 Å². The molecule has 0 N–H and O–H groups in total. The van der Waals surface area contributed by atoms with Crippen molar-refractivity contribution in [2.45, 2.75) is 32.2 Å². The molecular formula is C17H21N5S. The van der Waals surface area contributed by atoms with Crippen LogP contribution in [-0.4, -0.2) is 37.7 Å². The second-order valence-electron chi connectivity index (χ2n) is 6.37. The van der Waals surface area contributed by atoms with Crippen LogP contribution < -0.4 is 0 Å². The lowest BCUT2D eigenvalue weighted by Crippen LogP contribution is -2.34. The van der Waals surface area contributed by atoms with Gasteiger partial charge in [-0.1, -0.05) is 0 Å². The van der Waals surface area contributed by atoms with Crippen LogP contribution in [0.25, 0.3) is 11.0 Å². The minimum Gasteiger partial charge on any atom is -0.297 e. The fraction of sp³-hybridized carbons (Fsp3) is 0.471. The van der Waals surface area contributed by atoms with E-state index in [1.165, 1.54) is 24.2 Å². The van der Waals surface area contributed by atoms with E-state index in [9.17, 15) is 0 Å². The molecule has 0 radical (unpaired) electrons. The first kappa shape index (κ1) is 14.8. The molecule has 1 fully saturated rings. The summed E-state index contributed by atoms with van der Waals surface area (Å²) >= 11 is 1.67. The Labute approximate surface area is 140 Å². The zero-order valence-electron chi connectivity index (χ0n) is 13.6. The fourth-order valence-electron chi connectivity index (χ4n) is 3.53. The van der Waals surface area contributed by atoms with Crippen molar-refractivity contribution in [3.05, 3.63) is 40.1 Å². The number of nitrogens with zero attached hydrogens (tertiary/aromatic N) is 5. The molecule has 1 atom stereocenters. The Bertz CT molecular complexity index is 808. The van der Waals surface area contributed by atoms with Crippen molar-refractivity contribution >= 4 is 22.4 Å². The number of fused-ring (bicyclic) bond motifs is 1. The molecule has 120 valence electrons. The van der Waals surface area contributed by atoms with Crippen molar-refractivity contribution in [1.82, 2.24) is 24.6 Å². The molecule has 0 aliphatic carbocycles. The minimum absolute atomic E-state index is 0.502. The molecule has 4 rings (SSSR count). The third-order valence-electron chi connectivity index (χ3n) is 4.69. The Morgan fingerprint density at radius 2 is 2.26 bits per heavy atom. The monoisotopic (exact) mass is 327 g/mol. The summed E-state index contributed by atoms with van der Waals surface area (Å²) in [5.74, 6) is 0.502. The van der Waals surface area contributed by atoms with Crippen LogP contribution in [0.3, 0.4) is 0 Å². The van der Waals surface area contributed by atoms with E-state index in [1.54, 1.807) is 11.3 Å². The van der Waals surface area contributed by atoms with E-state index in [0.717, 1.165) is 36.4 Å². The third-order valence-corrected chi connectivity index (χ3v) is 5.32. The molecule has 23 heavy (non-hydrogen) atoms. The molecule has 0 spiro atoms. The number of piperidine rings is 1. The maximum absolute atomic E-state index is 4.91. The number of aryl methyl sites for hydroxylation is 2. The number of rotatable bonds is 3. The zero-order valence-corrected chi connectivity index (χ0v) is 14.4. The van der Waals surface area contributed by atoms with E-state index in [2.05, 4.69) is 32.5 Å². The van der Waals surface area contributed by atoms with Gasteiger partial charge in [0.05, 0.1) is 16.9 Å². The topological polar surface area (TPSA) is 46.8 Å². The Morgan fingerprint density at radius 1 is 1.35 bits per heavy atom. The molecule has 0 amide bonds. The first-order valence-electron chi connectivity index (χ1n) is 8.10. The van der Waals surface area contributed by atoms with Crippen LogP contribution in [0.5, 0.6) is 0 Å². The average molecular weight is 327 g/mol. The van der Waals surface area contributed by atoms with Gasteiger partial charge in [-0.05, 0) is 38.4 Å². The van der Waals surface area contributed by atoms with Crippen LogP contribution in [0.2, 0.25) is 0 Å². The van der Waals surface area contributed by atoms with Gasteiger partial charge in [-0.3, -0.25) is 9.58 Å². The van der Waals surface area contributed by atoms with Crippen molar-refractivity contribution in [2.24, 2.45) is 7.05 Å². The van der Waals surface area contributed by atoms with Crippen LogP contribution in [0.4, 0.5) is 0 Å². The highest BCUT2D eigenvalue weighted by Crippen LogP contribution is 2.28. The van der Waals surface area contributed by atoms with Gasteiger partial charge in [0.25, 0.3) is 0 Å². The summed E-state index contributed by atoms with van der Waals surface area (Å²) in [5, 5.41) is 7.78. The summed E-state index contributed by atoms with van der Waals surface area (Å²) in [6.45, 7) is 5.21. The largest absolute Gasteiger partial charge is 0.297 e. The summed E-state index contributed by atoms with van der Waals surface area (Å²) in [6, 6.07) is 4.37. The number of hydrogen-bond acceptors (Lipinski definition) is 5. The highest BCUT2D eigenvalue weighted by atomic mass is 32.1. The second-order valence-corrected chi connectivity index (χ2v) is 7.09. The van der Waals surface area contributed by atoms with Crippen LogP contribution in [-0.2, 0) is 13.6 Å². The van der Waals surface area contributed by atoms with Gasteiger partial charge in [0.2, 0.25) is 0 Å². The van der Waals surface area contributed by atoms with Crippen molar-refractivity contribution in [1.29, 1.82) is 0 Å². The Balaban J connectivity index is 1.56. The smallest absolute Gasteiger partial charge is 0.158 e. The minimum atomic E-state index is 0.502. The van der Waals surface area contributed by atoms with Crippen molar-refractivity contribution in [2.75, 3.05) is 13.1 Å². The normalized spacial score (nSPS) is 19.5. The molecule has 3 aromatic rings. The predicted molar refractivity (Wildman–Crippen MR) is 92.6 cm³/mol. The molecule has 0 bridgehead atoms. The second kappa shape index (κ2) is 6.02. The van der Waals surface area contributed by atoms with E-state index in [4.69, 9.17) is 4.98 Å². The average Bonchev–Trinajstić information content (AvgIpc) is 3.16. The molecule has 1 aliphatic heterocycles. The molecule has 1 saturated heterocycles. The van der Waals surface area contributed by atoms with Gasteiger partial charge >= 0.3 is 0 Å². The quantitative estimate of drug-likeness (QED) is 0.741. The van der Waals surface area contributed by atoms with Crippen LogP contribution in [0.1, 0.15) is 35.8 Å². The highest BCUT2D eigenvalue weighted by molar-refractivity contribution is 7.07. The molecule has 0 aromatic carbocycles. The third kappa shape index (κ3) is 2.88.